The third-order valence-electron chi connectivity index (χ3n) is 2.96. The van der Waals surface area contributed by atoms with Gasteiger partial charge in [0.1, 0.15) is 6.61 Å². The molecule has 2 N–H and O–H groups in total. The van der Waals surface area contributed by atoms with Gasteiger partial charge in [0.15, 0.2) is 11.5 Å². The van der Waals surface area contributed by atoms with Crippen LogP contribution in [0.4, 0.5) is 0 Å². The molecule has 1 atom stereocenters. The van der Waals surface area contributed by atoms with E-state index in [-0.39, 0.29) is 0 Å². The van der Waals surface area contributed by atoms with E-state index in [1.165, 1.54) is 0 Å². The van der Waals surface area contributed by atoms with Crippen molar-refractivity contribution in [2.24, 2.45) is 5.92 Å². The Morgan fingerprint density at radius 1 is 1.25 bits per heavy atom. The predicted octanol–water partition coefficient (Wildman–Crippen LogP) is 2.46. The zero-order valence-electron chi connectivity index (χ0n) is 13.0. The summed E-state index contributed by atoms with van der Waals surface area (Å²) in [6.45, 7) is 7.88. The number of hydrogen-bond acceptors (Lipinski definition) is 4. The minimum absolute atomic E-state index is 0.483. The van der Waals surface area contributed by atoms with Gasteiger partial charge in [-0.2, -0.15) is 0 Å². The molecule has 0 amide bonds. The summed E-state index contributed by atoms with van der Waals surface area (Å²) in [7, 11) is 1.63. The van der Waals surface area contributed by atoms with Gasteiger partial charge in [0.25, 0.3) is 0 Å². The largest absolute Gasteiger partial charge is 0.493 e. The molecule has 1 aromatic rings. The van der Waals surface area contributed by atoms with Gasteiger partial charge in [-0.15, -0.1) is 0 Å². The topological polar surface area (TPSA) is 50.7 Å². The van der Waals surface area contributed by atoms with Crippen LogP contribution < -0.4 is 14.8 Å². The first-order valence-electron chi connectivity index (χ1n) is 7.13. The Morgan fingerprint density at radius 2 is 1.90 bits per heavy atom. The van der Waals surface area contributed by atoms with E-state index in [1.807, 2.05) is 31.2 Å². The van der Waals surface area contributed by atoms with Gasteiger partial charge in [0, 0.05) is 13.1 Å². The normalized spacial score (nSPS) is 14.1. The number of hydrogen-bond donors (Lipinski definition) is 2. The summed E-state index contributed by atoms with van der Waals surface area (Å²) < 4.78 is 10.9. The molecule has 20 heavy (non-hydrogen) atoms. The molecule has 0 aliphatic carbocycles. The van der Waals surface area contributed by atoms with Crippen LogP contribution in [0.3, 0.4) is 0 Å². The molecule has 4 heteroatoms. The van der Waals surface area contributed by atoms with Crippen molar-refractivity contribution < 1.29 is 14.6 Å². The van der Waals surface area contributed by atoms with E-state index >= 15 is 0 Å². The second-order valence-electron chi connectivity index (χ2n) is 5.77. The number of para-hydroxylation sites is 2. The first-order chi connectivity index (χ1) is 9.44. The van der Waals surface area contributed by atoms with Gasteiger partial charge in [-0.3, -0.25) is 0 Å². The third-order valence-corrected chi connectivity index (χ3v) is 2.96. The molecular formula is C16H27NO3. The number of benzene rings is 1. The SMILES string of the molecule is COc1ccccc1OCCNCC(C)(O)CC(C)C. The van der Waals surface area contributed by atoms with Crippen molar-refractivity contribution in [1.82, 2.24) is 5.32 Å². The molecule has 1 unspecified atom stereocenters. The summed E-state index contributed by atoms with van der Waals surface area (Å²) in [5.41, 5.74) is -0.668. The first kappa shape index (κ1) is 16.8. The van der Waals surface area contributed by atoms with Crippen LogP contribution in [0.2, 0.25) is 0 Å². The van der Waals surface area contributed by atoms with Crippen molar-refractivity contribution in [1.29, 1.82) is 0 Å². The van der Waals surface area contributed by atoms with Crippen LogP contribution in [0.5, 0.6) is 11.5 Å². The van der Waals surface area contributed by atoms with Crippen molar-refractivity contribution in [3.8, 4) is 11.5 Å². The molecule has 0 fully saturated rings. The minimum Gasteiger partial charge on any atom is -0.493 e. The summed E-state index contributed by atoms with van der Waals surface area (Å²) in [6.07, 6.45) is 0.785. The van der Waals surface area contributed by atoms with Crippen LogP contribution >= 0.6 is 0 Å². The maximum Gasteiger partial charge on any atom is 0.161 e. The molecular weight excluding hydrogens is 254 g/mol. The fraction of sp³-hybridized carbons (Fsp3) is 0.625. The number of ether oxygens (including phenoxy) is 2. The number of rotatable bonds is 9. The highest BCUT2D eigenvalue weighted by Gasteiger charge is 2.20. The Bertz CT molecular complexity index is 391. The molecule has 0 saturated carbocycles. The lowest BCUT2D eigenvalue weighted by molar-refractivity contribution is 0.0380. The van der Waals surface area contributed by atoms with E-state index in [9.17, 15) is 5.11 Å². The lowest BCUT2D eigenvalue weighted by Gasteiger charge is -2.25. The third kappa shape index (κ3) is 6.26. The highest BCUT2D eigenvalue weighted by atomic mass is 16.5. The standard InChI is InChI=1S/C16H27NO3/c1-13(2)11-16(3,18)12-17-9-10-20-15-8-6-5-7-14(15)19-4/h5-8,13,17-18H,9-12H2,1-4H3. The maximum absolute atomic E-state index is 10.2. The zero-order chi connectivity index (χ0) is 15.0. The van der Waals surface area contributed by atoms with Crippen LogP contribution in [0.1, 0.15) is 27.2 Å². The molecule has 0 heterocycles. The van der Waals surface area contributed by atoms with Gasteiger partial charge in [-0.25, -0.2) is 0 Å². The summed E-state index contributed by atoms with van der Waals surface area (Å²) in [4.78, 5) is 0. The second-order valence-corrected chi connectivity index (χ2v) is 5.77. The first-order valence-corrected chi connectivity index (χ1v) is 7.13. The zero-order valence-corrected chi connectivity index (χ0v) is 13.0. The molecule has 0 aliphatic rings. The highest BCUT2D eigenvalue weighted by molar-refractivity contribution is 5.39. The smallest absolute Gasteiger partial charge is 0.161 e. The molecule has 0 saturated heterocycles. The molecule has 4 nitrogen and oxygen atoms in total. The Labute approximate surface area is 122 Å². The van der Waals surface area contributed by atoms with E-state index in [4.69, 9.17) is 9.47 Å². The molecule has 0 aromatic heterocycles. The van der Waals surface area contributed by atoms with Crippen molar-refractivity contribution in [2.75, 3.05) is 26.8 Å². The highest BCUT2D eigenvalue weighted by Crippen LogP contribution is 2.25. The van der Waals surface area contributed by atoms with Gasteiger partial charge in [0.05, 0.1) is 12.7 Å². The van der Waals surface area contributed by atoms with Crippen molar-refractivity contribution in [3.05, 3.63) is 24.3 Å². The molecule has 1 aromatic carbocycles. The average Bonchev–Trinajstić information content (AvgIpc) is 2.37. The second kappa shape index (κ2) is 8.12. The average molecular weight is 281 g/mol. The van der Waals surface area contributed by atoms with Gasteiger partial charge < -0.3 is 19.9 Å². The molecule has 114 valence electrons. The van der Waals surface area contributed by atoms with Gasteiger partial charge in [0.2, 0.25) is 0 Å². The van der Waals surface area contributed by atoms with E-state index < -0.39 is 5.60 Å². The quantitative estimate of drug-likeness (QED) is 0.683. The Kier molecular flexibility index (Phi) is 6.82. The van der Waals surface area contributed by atoms with Crippen molar-refractivity contribution >= 4 is 0 Å². The number of aliphatic hydroxyl groups is 1. The van der Waals surface area contributed by atoms with Crippen LogP contribution in [-0.2, 0) is 0 Å². The van der Waals surface area contributed by atoms with E-state index in [0.717, 1.165) is 17.9 Å². The summed E-state index contributed by atoms with van der Waals surface area (Å²) in [5, 5.41) is 13.4. The monoisotopic (exact) mass is 281 g/mol. The van der Waals surface area contributed by atoms with E-state index in [0.29, 0.717) is 25.6 Å². The fourth-order valence-electron chi connectivity index (χ4n) is 2.28. The lowest BCUT2D eigenvalue weighted by atomic mass is 9.94. The fourth-order valence-corrected chi connectivity index (χ4v) is 2.28. The predicted molar refractivity (Wildman–Crippen MR) is 81.4 cm³/mol. The van der Waals surface area contributed by atoms with Gasteiger partial charge in [-0.1, -0.05) is 26.0 Å². The Morgan fingerprint density at radius 3 is 2.50 bits per heavy atom. The lowest BCUT2D eigenvalue weighted by Crippen LogP contribution is -2.40. The van der Waals surface area contributed by atoms with Crippen LogP contribution in [-0.4, -0.2) is 37.5 Å². The van der Waals surface area contributed by atoms with Crippen molar-refractivity contribution in [2.45, 2.75) is 32.8 Å². The summed E-state index contributed by atoms with van der Waals surface area (Å²) in [6, 6.07) is 7.58. The molecule has 1 rings (SSSR count). The molecule has 0 radical (unpaired) electrons. The van der Waals surface area contributed by atoms with Crippen LogP contribution in [0.25, 0.3) is 0 Å². The van der Waals surface area contributed by atoms with E-state index in [1.54, 1.807) is 7.11 Å². The van der Waals surface area contributed by atoms with Gasteiger partial charge >= 0.3 is 0 Å². The number of methoxy groups -OCH3 is 1. The van der Waals surface area contributed by atoms with E-state index in [2.05, 4.69) is 19.2 Å². The van der Waals surface area contributed by atoms with Gasteiger partial charge in [-0.05, 0) is 31.4 Å². The Hall–Kier alpha value is -1.26. The molecule has 0 aliphatic heterocycles. The van der Waals surface area contributed by atoms with Crippen LogP contribution in [0.15, 0.2) is 24.3 Å². The summed E-state index contributed by atoms with van der Waals surface area (Å²) in [5.74, 6) is 1.96. The Balaban J connectivity index is 2.25. The molecule has 0 spiro atoms. The maximum atomic E-state index is 10.2. The summed E-state index contributed by atoms with van der Waals surface area (Å²) >= 11 is 0. The minimum atomic E-state index is -0.668. The van der Waals surface area contributed by atoms with Crippen LogP contribution in [0, 0.1) is 5.92 Å². The molecule has 0 bridgehead atoms. The number of nitrogens with one attached hydrogen (secondary N) is 1. The van der Waals surface area contributed by atoms with Crippen molar-refractivity contribution in [3.63, 3.8) is 0 Å².